The Morgan fingerprint density at radius 1 is 1.19 bits per heavy atom. The van der Waals surface area contributed by atoms with Crippen LogP contribution in [-0.2, 0) is 17.8 Å². The number of anilines is 1. The van der Waals surface area contributed by atoms with Gasteiger partial charge in [0.05, 0.1) is 23.1 Å². The predicted octanol–water partition coefficient (Wildman–Crippen LogP) is 3.48. The second-order valence-electron chi connectivity index (χ2n) is 7.76. The van der Waals surface area contributed by atoms with E-state index in [1.165, 1.54) is 24.5 Å². The summed E-state index contributed by atoms with van der Waals surface area (Å²) in [6.07, 6.45) is -1.67. The summed E-state index contributed by atoms with van der Waals surface area (Å²) in [6.45, 7) is 4.05. The molecule has 2 amide bonds. The highest BCUT2D eigenvalue weighted by Crippen LogP contribution is 2.30. The standard InChI is InChI=1S/C21H22F4N4O3/c1-10-8-13(9-26-18(10)22)28-19(31)15-11(2)16(29-7-5-4-6-14(15)29)17(30)20(32)27-12(3)21(23,24)25/h8-9,12H,4-7H2,1-3H3,(H,27,32)(H,28,31). The van der Waals surface area contributed by atoms with Gasteiger partial charge in [0.25, 0.3) is 17.6 Å². The number of nitrogens with one attached hydrogen (secondary N) is 2. The molecular formula is C21H22F4N4O3. The van der Waals surface area contributed by atoms with E-state index in [2.05, 4.69) is 10.3 Å². The Morgan fingerprint density at radius 3 is 2.50 bits per heavy atom. The molecule has 3 rings (SSSR count). The highest BCUT2D eigenvalue weighted by molar-refractivity contribution is 6.43. The van der Waals surface area contributed by atoms with Gasteiger partial charge in [-0.1, -0.05) is 0 Å². The number of halogens is 4. The first-order chi connectivity index (χ1) is 14.9. The van der Waals surface area contributed by atoms with Crippen molar-refractivity contribution in [2.75, 3.05) is 5.32 Å². The van der Waals surface area contributed by atoms with Gasteiger partial charge >= 0.3 is 6.18 Å². The van der Waals surface area contributed by atoms with Crippen LogP contribution < -0.4 is 10.6 Å². The van der Waals surface area contributed by atoms with Crippen LogP contribution in [0.4, 0.5) is 23.2 Å². The zero-order valence-electron chi connectivity index (χ0n) is 17.7. The molecule has 7 nitrogen and oxygen atoms in total. The quantitative estimate of drug-likeness (QED) is 0.313. The molecule has 0 aliphatic carbocycles. The number of fused-ring (bicyclic) bond motifs is 1. The zero-order valence-corrected chi connectivity index (χ0v) is 17.7. The molecule has 3 heterocycles. The Hall–Kier alpha value is -3.24. The van der Waals surface area contributed by atoms with Crippen molar-refractivity contribution in [1.29, 1.82) is 0 Å². The third-order valence-corrected chi connectivity index (χ3v) is 5.42. The molecule has 0 saturated heterocycles. The topological polar surface area (TPSA) is 93.1 Å². The van der Waals surface area contributed by atoms with E-state index in [-0.39, 0.29) is 28.1 Å². The van der Waals surface area contributed by atoms with Crippen molar-refractivity contribution >= 4 is 23.3 Å². The van der Waals surface area contributed by atoms with E-state index in [0.717, 1.165) is 19.5 Å². The molecule has 2 aromatic rings. The van der Waals surface area contributed by atoms with E-state index in [1.54, 1.807) is 5.32 Å². The fourth-order valence-corrected chi connectivity index (χ4v) is 3.74. The van der Waals surface area contributed by atoms with E-state index in [1.807, 2.05) is 0 Å². The third-order valence-electron chi connectivity index (χ3n) is 5.42. The summed E-state index contributed by atoms with van der Waals surface area (Å²) in [7, 11) is 0. The number of carbonyl (C=O) groups is 3. The number of nitrogens with zero attached hydrogens (tertiary/aromatic N) is 2. The van der Waals surface area contributed by atoms with Crippen molar-refractivity contribution in [3.63, 3.8) is 0 Å². The molecule has 0 bridgehead atoms. The molecule has 0 fully saturated rings. The zero-order chi connectivity index (χ0) is 23.8. The van der Waals surface area contributed by atoms with Crippen molar-refractivity contribution in [2.24, 2.45) is 0 Å². The van der Waals surface area contributed by atoms with Gasteiger partial charge in [-0.3, -0.25) is 14.4 Å². The summed E-state index contributed by atoms with van der Waals surface area (Å²) in [5.41, 5.74) is 1.26. The molecule has 2 N–H and O–H groups in total. The Labute approximate surface area is 181 Å². The number of aromatic nitrogens is 2. The number of ketones is 1. The van der Waals surface area contributed by atoms with Gasteiger partial charge in [-0.25, -0.2) is 4.98 Å². The minimum absolute atomic E-state index is 0.106. The largest absolute Gasteiger partial charge is 0.408 e. The lowest BCUT2D eigenvalue weighted by atomic mass is 10.0. The molecule has 0 spiro atoms. The van der Waals surface area contributed by atoms with Crippen LogP contribution in [0.1, 0.15) is 57.4 Å². The molecule has 0 aromatic carbocycles. The highest BCUT2D eigenvalue weighted by Gasteiger charge is 2.39. The van der Waals surface area contributed by atoms with Crippen LogP contribution in [-0.4, -0.2) is 39.4 Å². The predicted molar refractivity (Wildman–Crippen MR) is 107 cm³/mol. The fourth-order valence-electron chi connectivity index (χ4n) is 3.74. The lowest BCUT2D eigenvalue weighted by molar-refractivity contribution is -0.156. The first kappa shape index (κ1) is 23.4. The number of amides is 2. The molecule has 1 aliphatic rings. The summed E-state index contributed by atoms with van der Waals surface area (Å²) in [5.74, 6) is -3.79. The lowest BCUT2D eigenvalue weighted by Crippen LogP contribution is -2.46. The van der Waals surface area contributed by atoms with Crippen LogP contribution in [0.3, 0.4) is 0 Å². The third kappa shape index (κ3) is 4.51. The van der Waals surface area contributed by atoms with Gasteiger partial charge in [0.15, 0.2) is 0 Å². The maximum atomic E-state index is 13.4. The second-order valence-corrected chi connectivity index (χ2v) is 7.76. The summed E-state index contributed by atoms with van der Waals surface area (Å²) in [6, 6.07) is -0.803. The van der Waals surface area contributed by atoms with Crippen LogP contribution in [0.5, 0.6) is 0 Å². The number of aryl methyl sites for hydroxylation is 1. The molecule has 0 saturated carbocycles. The summed E-state index contributed by atoms with van der Waals surface area (Å²) in [4.78, 5) is 41.6. The SMILES string of the molecule is Cc1cc(NC(=O)c2c(C)c(C(=O)C(=O)NC(C)C(F)(F)F)n3c2CCCC3)cnc1F. The Balaban J connectivity index is 1.95. The average molecular weight is 454 g/mol. The maximum absolute atomic E-state index is 13.4. The number of alkyl halides is 3. The van der Waals surface area contributed by atoms with Crippen molar-refractivity contribution in [2.45, 2.75) is 58.8 Å². The number of hydrogen-bond donors (Lipinski definition) is 2. The molecule has 32 heavy (non-hydrogen) atoms. The monoisotopic (exact) mass is 454 g/mol. The van der Waals surface area contributed by atoms with Gasteiger partial charge in [-0.15, -0.1) is 0 Å². The first-order valence-electron chi connectivity index (χ1n) is 9.99. The van der Waals surface area contributed by atoms with Gasteiger partial charge < -0.3 is 15.2 Å². The first-order valence-corrected chi connectivity index (χ1v) is 9.99. The van der Waals surface area contributed by atoms with E-state index >= 15 is 0 Å². The number of pyridine rings is 1. The number of rotatable bonds is 5. The molecular weight excluding hydrogens is 432 g/mol. The molecule has 11 heteroatoms. The normalized spacial score (nSPS) is 14.5. The number of hydrogen-bond acceptors (Lipinski definition) is 4. The maximum Gasteiger partial charge on any atom is 0.408 e. The highest BCUT2D eigenvalue weighted by atomic mass is 19.4. The molecule has 1 aliphatic heterocycles. The number of Topliss-reactive ketones (excluding diaryl/α,β-unsaturated/α-hetero) is 1. The van der Waals surface area contributed by atoms with Crippen LogP contribution in [0, 0.1) is 19.8 Å². The molecule has 1 unspecified atom stereocenters. The molecule has 0 radical (unpaired) electrons. The lowest BCUT2D eigenvalue weighted by Gasteiger charge is -2.19. The Bertz CT molecular complexity index is 1090. The van der Waals surface area contributed by atoms with E-state index in [9.17, 15) is 31.9 Å². The Morgan fingerprint density at radius 2 is 1.88 bits per heavy atom. The summed E-state index contributed by atoms with van der Waals surface area (Å²) < 4.78 is 53.3. The van der Waals surface area contributed by atoms with Crippen LogP contribution in [0.15, 0.2) is 12.3 Å². The second kappa shape index (κ2) is 8.71. The van der Waals surface area contributed by atoms with Crippen molar-refractivity contribution < 1.29 is 31.9 Å². The van der Waals surface area contributed by atoms with Crippen LogP contribution >= 0.6 is 0 Å². The van der Waals surface area contributed by atoms with Crippen molar-refractivity contribution in [1.82, 2.24) is 14.9 Å². The van der Waals surface area contributed by atoms with Gasteiger partial charge in [-0.05, 0) is 51.7 Å². The minimum Gasteiger partial charge on any atom is -0.341 e. The average Bonchev–Trinajstić information content (AvgIpc) is 3.01. The molecule has 172 valence electrons. The van der Waals surface area contributed by atoms with Crippen molar-refractivity contribution in [3.05, 3.63) is 46.3 Å². The van der Waals surface area contributed by atoms with Crippen molar-refractivity contribution in [3.8, 4) is 0 Å². The Kier molecular flexibility index (Phi) is 6.38. The van der Waals surface area contributed by atoms with Gasteiger partial charge in [0.2, 0.25) is 5.95 Å². The van der Waals surface area contributed by atoms with Gasteiger partial charge in [-0.2, -0.15) is 17.6 Å². The summed E-state index contributed by atoms with van der Waals surface area (Å²) in [5, 5.41) is 4.28. The number of carbonyl (C=O) groups excluding carboxylic acids is 3. The minimum atomic E-state index is -4.70. The van der Waals surface area contributed by atoms with Crippen LogP contribution in [0.2, 0.25) is 0 Å². The van der Waals surface area contributed by atoms with Gasteiger partial charge in [0.1, 0.15) is 6.04 Å². The van der Waals surface area contributed by atoms with E-state index in [4.69, 9.17) is 0 Å². The van der Waals surface area contributed by atoms with Crippen LogP contribution in [0.25, 0.3) is 0 Å². The fraction of sp³-hybridized carbons (Fsp3) is 0.429. The van der Waals surface area contributed by atoms with E-state index < -0.39 is 35.8 Å². The molecule has 1 atom stereocenters. The summed E-state index contributed by atoms with van der Waals surface area (Å²) >= 11 is 0. The van der Waals surface area contributed by atoms with E-state index in [0.29, 0.717) is 25.1 Å². The van der Waals surface area contributed by atoms with Gasteiger partial charge in [0, 0.05) is 17.8 Å². The smallest absolute Gasteiger partial charge is 0.341 e. The molecule has 2 aromatic heterocycles.